The molecule has 0 bridgehead atoms. The van der Waals surface area contributed by atoms with Gasteiger partial charge in [-0.25, -0.2) is 0 Å². The molecule has 0 fully saturated rings. The molecular formula is C41H35N. The van der Waals surface area contributed by atoms with Crippen LogP contribution >= 0.6 is 0 Å². The molecule has 1 aromatic heterocycles. The molecule has 1 heterocycles. The number of fused-ring (bicyclic) bond motifs is 3. The summed E-state index contributed by atoms with van der Waals surface area (Å²) in [6, 6.07) is 53.3. The fourth-order valence-corrected chi connectivity index (χ4v) is 6.62. The van der Waals surface area contributed by atoms with E-state index >= 15 is 0 Å². The molecule has 6 aromatic carbocycles. The van der Waals surface area contributed by atoms with E-state index in [0.717, 1.165) is 12.8 Å². The van der Waals surface area contributed by atoms with Gasteiger partial charge in [0.15, 0.2) is 0 Å². The molecule has 0 spiro atoms. The van der Waals surface area contributed by atoms with Crippen molar-refractivity contribution in [2.45, 2.75) is 32.6 Å². The van der Waals surface area contributed by atoms with Crippen molar-refractivity contribution in [1.29, 1.82) is 0 Å². The number of hydrogen-bond donors (Lipinski definition) is 0. The van der Waals surface area contributed by atoms with Gasteiger partial charge in [0.25, 0.3) is 0 Å². The first-order chi connectivity index (χ1) is 20.7. The van der Waals surface area contributed by atoms with Crippen LogP contribution in [0.3, 0.4) is 0 Å². The zero-order chi connectivity index (χ0) is 28.5. The Morgan fingerprint density at radius 2 is 1.24 bits per heavy atom. The number of rotatable bonds is 7. The molecule has 0 N–H and O–H groups in total. The van der Waals surface area contributed by atoms with Crippen LogP contribution in [0.4, 0.5) is 0 Å². The molecule has 0 amide bonds. The third-order valence-electron chi connectivity index (χ3n) is 8.76. The second-order valence-corrected chi connectivity index (χ2v) is 11.3. The average Bonchev–Trinajstić information content (AvgIpc) is 3.38. The first-order valence-corrected chi connectivity index (χ1v) is 15.0. The van der Waals surface area contributed by atoms with Gasteiger partial charge in [-0.05, 0) is 95.0 Å². The van der Waals surface area contributed by atoms with Crippen molar-refractivity contribution in [1.82, 2.24) is 4.57 Å². The Balaban J connectivity index is 1.26. The molecule has 1 atom stereocenters. The quantitative estimate of drug-likeness (QED) is 0.189. The Morgan fingerprint density at radius 1 is 0.548 bits per heavy atom. The van der Waals surface area contributed by atoms with Gasteiger partial charge in [0.2, 0.25) is 0 Å². The summed E-state index contributed by atoms with van der Waals surface area (Å²) in [5.74, 6) is 0.447. The lowest BCUT2D eigenvalue weighted by molar-refractivity contribution is 0.662. The lowest BCUT2D eigenvalue weighted by Gasteiger charge is -2.21. The molecule has 0 aliphatic carbocycles. The maximum absolute atomic E-state index is 2.40. The number of para-hydroxylation sites is 2. The van der Waals surface area contributed by atoms with E-state index in [4.69, 9.17) is 0 Å². The molecule has 1 unspecified atom stereocenters. The second-order valence-electron chi connectivity index (χ2n) is 11.3. The molecule has 0 radical (unpaired) electrons. The van der Waals surface area contributed by atoms with Gasteiger partial charge in [0, 0.05) is 16.5 Å². The summed E-state index contributed by atoms with van der Waals surface area (Å²) in [7, 11) is 0. The molecular weight excluding hydrogens is 506 g/mol. The molecule has 42 heavy (non-hydrogen) atoms. The minimum absolute atomic E-state index is 0.447. The van der Waals surface area contributed by atoms with Crippen LogP contribution in [-0.2, 0) is 6.42 Å². The molecule has 0 saturated heterocycles. The summed E-state index contributed by atoms with van der Waals surface area (Å²) in [4.78, 5) is 0. The monoisotopic (exact) mass is 541 g/mol. The molecule has 7 aromatic rings. The van der Waals surface area contributed by atoms with Crippen LogP contribution in [0.25, 0.3) is 49.7 Å². The van der Waals surface area contributed by atoms with Crippen molar-refractivity contribution in [3.8, 4) is 27.9 Å². The minimum Gasteiger partial charge on any atom is -0.309 e. The Morgan fingerprint density at radius 3 is 2.07 bits per heavy atom. The highest BCUT2D eigenvalue weighted by Crippen LogP contribution is 2.37. The smallest absolute Gasteiger partial charge is 0.0541 e. The number of benzene rings is 6. The summed E-state index contributed by atoms with van der Waals surface area (Å²) >= 11 is 0. The summed E-state index contributed by atoms with van der Waals surface area (Å²) in [6.45, 7) is 4.53. The van der Waals surface area contributed by atoms with Gasteiger partial charge in [0.05, 0.1) is 11.0 Å². The van der Waals surface area contributed by atoms with E-state index in [1.165, 1.54) is 66.4 Å². The van der Waals surface area contributed by atoms with E-state index in [0.29, 0.717) is 5.92 Å². The number of aromatic nitrogens is 1. The number of hydrogen-bond acceptors (Lipinski definition) is 0. The van der Waals surface area contributed by atoms with Crippen LogP contribution < -0.4 is 0 Å². The van der Waals surface area contributed by atoms with Crippen molar-refractivity contribution >= 4 is 21.8 Å². The zero-order valence-corrected chi connectivity index (χ0v) is 24.3. The third-order valence-corrected chi connectivity index (χ3v) is 8.76. The maximum Gasteiger partial charge on any atom is 0.0541 e. The van der Waals surface area contributed by atoms with Crippen molar-refractivity contribution in [2.24, 2.45) is 0 Å². The maximum atomic E-state index is 2.40. The van der Waals surface area contributed by atoms with Crippen LogP contribution in [0.5, 0.6) is 0 Å². The topological polar surface area (TPSA) is 4.93 Å². The highest BCUT2D eigenvalue weighted by atomic mass is 15.0. The Kier molecular flexibility index (Phi) is 6.93. The fourth-order valence-electron chi connectivity index (χ4n) is 6.62. The Hall–Kier alpha value is -4.88. The van der Waals surface area contributed by atoms with E-state index in [-0.39, 0.29) is 0 Å². The van der Waals surface area contributed by atoms with Gasteiger partial charge in [-0.15, -0.1) is 0 Å². The molecule has 0 saturated carbocycles. The van der Waals surface area contributed by atoms with Crippen LogP contribution in [0.2, 0.25) is 0 Å². The SMILES string of the molecule is CCC(Cc1cccc(-c2ccc3c(c2)c2ccccc2n3-c2ccccc2)c1)c1ccccc1-c1ccccc1C. The lowest BCUT2D eigenvalue weighted by Crippen LogP contribution is -2.04. The Bertz CT molecular complexity index is 2010. The normalized spacial score (nSPS) is 12.1. The highest BCUT2D eigenvalue weighted by Gasteiger charge is 2.17. The molecule has 204 valence electrons. The van der Waals surface area contributed by atoms with Gasteiger partial charge < -0.3 is 4.57 Å². The van der Waals surface area contributed by atoms with Crippen molar-refractivity contribution in [3.05, 3.63) is 162 Å². The van der Waals surface area contributed by atoms with E-state index in [9.17, 15) is 0 Å². The van der Waals surface area contributed by atoms with Crippen molar-refractivity contribution < 1.29 is 0 Å². The summed E-state index contributed by atoms with van der Waals surface area (Å²) < 4.78 is 2.38. The number of aryl methyl sites for hydroxylation is 1. The molecule has 7 rings (SSSR count). The Labute approximate surface area is 248 Å². The highest BCUT2D eigenvalue weighted by molar-refractivity contribution is 6.10. The van der Waals surface area contributed by atoms with E-state index in [1.54, 1.807) is 0 Å². The predicted molar refractivity (Wildman–Crippen MR) is 180 cm³/mol. The fraction of sp³-hybridized carbons (Fsp3) is 0.122. The lowest BCUT2D eigenvalue weighted by atomic mass is 9.84. The van der Waals surface area contributed by atoms with Gasteiger partial charge in [-0.2, -0.15) is 0 Å². The molecule has 0 aliphatic rings. The molecule has 1 nitrogen and oxygen atoms in total. The predicted octanol–water partition coefficient (Wildman–Crippen LogP) is 11.2. The van der Waals surface area contributed by atoms with E-state index < -0.39 is 0 Å². The van der Waals surface area contributed by atoms with Crippen LogP contribution in [-0.4, -0.2) is 4.57 Å². The summed E-state index contributed by atoms with van der Waals surface area (Å²) in [6.07, 6.45) is 2.11. The van der Waals surface area contributed by atoms with Crippen molar-refractivity contribution in [2.75, 3.05) is 0 Å². The van der Waals surface area contributed by atoms with E-state index in [2.05, 4.69) is 164 Å². The van der Waals surface area contributed by atoms with Crippen LogP contribution in [0.1, 0.15) is 36.0 Å². The zero-order valence-electron chi connectivity index (χ0n) is 24.3. The van der Waals surface area contributed by atoms with Crippen molar-refractivity contribution in [3.63, 3.8) is 0 Å². The largest absolute Gasteiger partial charge is 0.309 e. The van der Waals surface area contributed by atoms with Crippen LogP contribution in [0.15, 0.2) is 146 Å². The average molecular weight is 542 g/mol. The molecule has 1 heteroatoms. The first-order valence-electron chi connectivity index (χ1n) is 15.0. The second kappa shape index (κ2) is 11.2. The standard InChI is InChI=1S/C41H35N/c1-3-31(36-20-9-10-21-37(36)35-19-8-7-14-29(35)2)26-30-15-13-16-32(27-30)33-24-25-41-39(28-33)38-22-11-12-23-40(38)42(41)34-17-5-4-6-18-34/h4-25,27-28,31H,3,26H2,1-2H3. The van der Waals surface area contributed by atoms with Gasteiger partial charge in [-0.3, -0.25) is 0 Å². The minimum atomic E-state index is 0.447. The third kappa shape index (κ3) is 4.72. The number of nitrogens with zero attached hydrogens (tertiary/aromatic N) is 1. The molecule has 0 aliphatic heterocycles. The van der Waals surface area contributed by atoms with E-state index in [1.807, 2.05) is 0 Å². The van der Waals surface area contributed by atoms with Crippen LogP contribution in [0, 0.1) is 6.92 Å². The summed E-state index contributed by atoms with van der Waals surface area (Å²) in [5.41, 5.74) is 13.0. The summed E-state index contributed by atoms with van der Waals surface area (Å²) in [5, 5.41) is 2.57. The first kappa shape index (κ1) is 26.0. The van der Waals surface area contributed by atoms with Gasteiger partial charge in [-0.1, -0.05) is 122 Å². The van der Waals surface area contributed by atoms with Gasteiger partial charge in [0.1, 0.15) is 0 Å². The van der Waals surface area contributed by atoms with Gasteiger partial charge >= 0.3 is 0 Å².